The third-order valence-electron chi connectivity index (χ3n) is 3.01. The predicted octanol–water partition coefficient (Wildman–Crippen LogP) is 2.65. The lowest BCUT2D eigenvalue weighted by Gasteiger charge is -2.06. The average molecular weight is 301 g/mol. The summed E-state index contributed by atoms with van der Waals surface area (Å²) >= 11 is 1.38. The van der Waals surface area contributed by atoms with Gasteiger partial charge in [0.05, 0.1) is 17.3 Å². The number of nitrogen functional groups attached to an aromatic ring is 1. The molecule has 3 rings (SSSR count). The summed E-state index contributed by atoms with van der Waals surface area (Å²) in [6.07, 6.45) is 1.58. The Kier molecular flexibility index (Phi) is 3.19. The highest BCUT2D eigenvalue weighted by molar-refractivity contribution is 7.22. The van der Waals surface area contributed by atoms with Crippen molar-refractivity contribution < 1.29 is 14.6 Å². The number of ether oxygens (including phenoxy) is 1. The van der Waals surface area contributed by atoms with E-state index in [-0.39, 0.29) is 11.4 Å². The summed E-state index contributed by atoms with van der Waals surface area (Å²) in [5.41, 5.74) is 8.08. The molecule has 3 N–H and O–H groups in total. The Hall–Kier alpha value is -2.67. The molecule has 0 amide bonds. The van der Waals surface area contributed by atoms with Crippen molar-refractivity contribution in [1.29, 1.82) is 0 Å². The maximum Gasteiger partial charge on any atom is 0.341 e. The number of benzene rings is 1. The van der Waals surface area contributed by atoms with Gasteiger partial charge < -0.3 is 15.6 Å². The fourth-order valence-corrected chi connectivity index (χ4v) is 2.82. The Labute approximate surface area is 123 Å². The molecule has 3 aromatic rings. The Balaban J connectivity index is 2.13. The summed E-state index contributed by atoms with van der Waals surface area (Å²) in [4.78, 5) is 19.5. The number of methoxy groups -OCH3 is 1. The summed E-state index contributed by atoms with van der Waals surface area (Å²) in [5.74, 6) is -0.987. The van der Waals surface area contributed by atoms with Gasteiger partial charge in [0.25, 0.3) is 0 Å². The standard InChI is InChI=1S/C14H11N3O3S/c1-20-12-9(13(18)19)4-8(6-16-12)7-2-3-10-11(5-7)21-14(15)17-10/h2-6H,1H3,(H2,15,17)(H,18,19). The maximum atomic E-state index is 11.2. The van der Waals surface area contributed by atoms with Crippen LogP contribution in [-0.2, 0) is 0 Å². The van der Waals surface area contributed by atoms with Crippen LogP contribution in [0.15, 0.2) is 30.5 Å². The normalized spacial score (nSPS) is 10.7. The molecule has 6 nitrogen and oxygen atoms in total. The van der Waals surface area contributed by atoms with Crippen molar-refractivity contribution in [1.82, 2.24) is 9.97 Å². The van der Waals surface area contributed by atoms with Gasteiger partial charge in [-0.1, -0.05) is 17.4 Å². The monoisotopic (exact) mass is 301 g/mol. The van der Waals surface area contributed by atoms with E-state index < -0.39 is 5.97 Å². The van der Waals surface area contributed by atoms with Crippen LogP contribution in [0.5, 0.6) is 5.88 Å². The molecule has 2 aromatic heterocycles. The first-order chi connectivity index (χ1) is 10.1. The van der Waals surface area contributed by atoms with Crippen LogP contribution < -0.4 is 10.5 Å². The van der Waals surface area contributed by atoms with Crippen molar-refractivity contribution >= 4 is 32.7 Å². The van der Waals surface area contributed by atoms with Crippen molar-refractivity contribution in [3.8, 4) is 17.0 Å². The summed E-state index contributed by atoms with van der Waals surface area (Å²) < 4.78 is 5.90. The van der Waals surface area contributed by atoms with Crippen LogP contribution in [0.25, 0.3) is 21.3 Å². The fraction of sp³-hybridized carbons (Fsp3) is 0.0714. The zero-order valence-electron chi connectivity index (χ0n) is 11.0. The van der Waals surface area contributed by atoms with Crippen LogP contribution in [0, 0.1) is 0 Å². The number of hydrogen-bond acceptors (Lipinski definition) is 6. The van der Waals surface area contributed by atoms with Crippen molar-refractivity contribution in [3.05, 3.63) is 36.0 Å². The van der Waals surface area contributed by atoms with E-state index in [0.29, 0.717) is 10.7 Å². The lowest BCUT2D eigenvalue weighted by atomic mass is 10.1. The molecule has 1 aromatic carbocycles. The summed E-state index contributed by atoms with van der Waals surface area (Å²) in [5, 5.41) is 9.70. The van der Waals surface area contributed by atoms with E-state index in [1.165, 1.54) is 18.4 Å². The van der Waals surface area contributed by atoms with Crippen LogP contribution in [-0.4, -0.2) is 28.2 Å². The molecule has 0 radical (unpaired) electrons. The minimum Gasteiger partial charge on any atom is -0.480 e. The van der Waals surface area contributed by atoms with Crippen LogP contribution >= 0.6 is 11.3 Å². The van der Waals surface area contributed by atoms with Gasteiger partial charge in [-0.05, 0) is 23.8 Å². The van der Waals surface area contributed by atoms with Gasteiger partial charge in [-0.25, -0.2) is 14.8 Å². The molecule has 0 aliphatic heterocycles. The average Bonchev–Trinajstić information content (AvgIpc) is 2.85. The van der Waals surface area contributed by atoms with Gasteiger partial charge in [-0.15, -0.1) is 0 Å². The molecule has 0 spiro atoms. The zero-order valence-corrected chi connectivity index (χ0v) is 11.8. The van der Waals surface area contributed by atoms with Gasteiger partial charge in [0.1, 0.15) is 5.56 Å². The van der Waals surface area contributed by atoms with Gasteiger partial charge in [-0.2, -0.15) is 0 Å². The molecule has 0 atom stereocenters. The van der Waals surface area contributed by atoms with Crippen LogP contribution in [0.4, 0.5) is 5.13 Å². The number of hydrogen-bond donors (Lipinski definition) is 2. The molecule has 21 heavy (non-hydrogen) atoms. The third kappa shape index (κ3) is 2.38. The highest BCUT2D eigenvalue weighted by atomic mass is 32.1. The van der Waals surface area contributed by atoms with Gasteiger partial charge >= 0.3 is 5.97 Å². The summed E-state index contributed by atoms with van der Waals surface area (Å²) in [7, 11) is 1.39. The Morgan fingerprint density at radius 3 is 2.86 bits per heavy atom. The van der Waals surface area contributed by atoms with E-state index in [2.05, 4.69) is 9.97 Å². The number of anilines is 1. The molecule has 7 heteroatoms. The number of thiazole rings is 1. The zero-order chi connectivity index (χ0) is 15.0. The molecular weight excluding hydrogens is 290 g/mol. The number of aromatic carboxylic acids is 1. The molecule has 0 aliphatic carbocycles. The lowest BCUT2D eigenvalue weighted by molar-refractivity contribution is 0.0692. The van der Waals surface area contributed by atoms with Crippen molar-refractivity contribution in [2.24, 2.45) is 0 Å². The first kappa shape index (κ1) is 13.3. The number of carbonyl (C=O) groups is 1. The van der Waals surface area contributed by atoms with E-state index in [4.69, 9.17) is 10.5 Å². The third-order valence-corrected chi connectivity index (χ3v) is 3.86. The van der Waals surface area contributed by atoms with Crippen molar-refractivity contribution in [2.75, 3.05) is 12.8 Å². The van der Waals surface area contributed by atoms with Gasteiger partial charge in [0.15, 0.2) is 5.13 Å². The number of aromatic nitrogens is 2. The first-order valence-corrected chi connectivity index (χ1v) is 6.84. The van der Waals surface area contributed by atoms with Gasteiger partial charge in [0.2, 0.25) is 5.88 Å². The van der Waals surface area contributed by atoms with Crippen molar-refractivity contribution in [3.63, 3.8) is 0 Å². The SMILES string of the molecule is COc1ncc(-c2ccc3nc(N)sc3c2)cc1C(=O)O. The topological polar surface area (TPSA) is 98.3 Å². The number of nitrogens with two attached hydrogens (primary N) is 1. The Morgan fingerprint density at radius 2 is 2.14 bits per heavy atom. The number of carboxylic acid groups (broad SMARTS) is 1. The number of carboxylic acids is 1. The molecular formula is C14H11N3O3S. The number of nitrogens with zero attached hydrogens (tertiary/aromatic N) is 2. The van der Waals surface area contributed by atoms with E-state index in [9.17, 15) is 9.90 Å². The van der Waals surface area contributed by atoms with Crippen LogP contribution in [0.3, 0.4) is 0 Å². The van der Waals surface area contributed by atoms with Gasteiger partial charge in [-0.3, -0.25) is 0 Å². The van der Waals surface area contributed by atoms with E-state index >= 15 is 0 Å². The largest absolute Gasteiger partial charge is 0.480 e. The second-order valence-electron chi connectivity index (χ2n) is 4.32. The quantitative estimate of drug-likeness (QED) is 0.771. The van der Waals surface area contributed by atoms with Crippen LogP contribution in [0.2, 0.25) is 0 Å². The number of pyridine rings is 1. The lowest BCUT2D eigenvalue weighted by Crippen LogP contribution is -2.02. The first-order valence-electron chi connectivity index (χ1n) is 6.02. The minimum absolute atomic E-state index is 0.0268. The van der Waals surface area contributed by atoms with E-state index in [1.54, 1.807) is 12.3 Å². The second-order valence-corrected chi connectivity index (χ2v) is 5.38. The fourth-order valence-electron chi connectivity index (χ4n) is 2.05. The van der Waals surface area contributed by atoms with Crippen LogP contribution in [0.1, 0.15) is 10.4 Å². The molecule has 0 unspecified atom stereocenters. The maximum absolute atomic E-state index is 11.2. The summed E-state index contributed by atoms with van der Waals surface area (Å²) in [6, 6.07) is 7.16. The molecule has 0 saturated carbocycles. The molecule has 0 fully saturated rings. The smallest absolute Gasteiger partial charge is 0.341 e. The molecule has 106 valence electrons. The molecule has 0 saturated heterocycles. The highest BCUT2D eigenvalue weighted by Crippen LogP contribution is 2.30. The molecule has 2 heterocycles. The van der Waals surface area contributed by atoms with Crippen molar-refractivity contribution in [2.45, 2.75) is 0 Å². The number of rotatable bonds is 3. The second kappa shape index (κ2) is 5.02. The van der Waals surface area contributed by atoms with Gasteiger partial charge in [0, 0.05) is 11.8 Å². The Morgan fingerprint density at radius 1 is 1.33 bits per heavy atom. The molecule has 0 aliphatic rings. The number of fused-ring (bicyclic) bond motifs is 1. The predicted molar refractivity (Wildman–Crippen MR) is 80.8 cm³/mol. The van der Waals surface area contributed by atoms with E-state index in [1.807, 2.05) is 18.2 Å². The Bertz CT molecular complexity index is 845. The molecule has 0 bridgehead atoms. The minimum atomic E-state index is -1.08. The summed E-state index contributed by atoms with van der Waals surface area (Å²) in [6.45, 7) is 0. The highest BCUT2D eigenvalue weighted by Gasteiger charge is 2.14. The van der Waals surface area contributed by atoms with E-state index in [0.717, 1.165) is 15.8 Å².